The Balaban J connectivity index is 1.88. The summed E-state index contributed by atoms with van der Waals surface area (Å²) < 4.78 is 8.37. The van der Waals surface area contributed by atoms with Crippen LogP contribution < -0.4 is 14.5 Å². The van der Waals surface area contributed by atoms with Crippen molar-refractivity contribution in [2.45, 2.75) is 0 Å². The fourth-order valence-electron chi connectivity index (χ4n) is 3.75. The molecule has 154 valence electrons. The molecular formula is C29H20O2Se. The molecule has 1 aromatic heterocycles. The topological polar surface area (TPSA) is 30.2 Å². The van der Waals surface area contributed by atoms with E-state index in [0.29, 0.717) is 11.3 Å². The molecule has 0 saturated carbocycles. The van der Waals surface area contributed by atoms with E-state index in [1.165, 1.54) is 4.46 Å². The number of hydrogen-bond donors (Lipinski definition) is 0. The summed E-state index contributed by atoms with van der Waals surface area (Å²) in [5, 5.41) is 0. The maximum atomic E-state index is 13.5. The summed E-state index contributed by atoms with van der Waals surface area (Å²) in [5.41, 5.74) is 4.05. The van der Waals surface area contributed by atoms with Crippen molar-refractivity contribution in [1.82, 2.24) is 0 Å². The van der Waals surface area contributed by atoms with Gasteiger partial charge in [-0.3, -0.25) is 0 Å². The van der Waals surface area contributed by atoms with Crippen LogP contribution in [-0.2, 0) is 0 Å². The van der Waals surface area contributed by atoms with E-state index in [9.17, 15) is 4.79 Å². The molecule has 5 aromatic rings. The summed E-state index contributed by atoms with van der Waals surface area (Å²) in [6.07, 6.45) is 0. The van der Waals surface area contributed by atoms with E-state index in [1.807, 2.05) is 84.9 Å². The summed E-state index contributed by atoms with van der Waals surface area (Å²) in [4.78, 5) is 13.5. The summed E-state index contributed by atoms with van der Waals surface area (Å²) in [7, 11) is 0. The maximum absolute atomic E-state index is 13.5. The van der Waals surface area contributed by atoms with Crippen LogP contribution in [0, 0.1) is 0 Å². The zero-order valence-corrected chi connectivity index (χ0v) is 19.0. The molecular weight excluding hydrogens is 459 g/mol. The molecule has 0 aliphatic heterocycles. The van der Waals surface area contributed by atoms with Crippen molar-refractivity contribution in [1.29, 1.82) is 0 Å². The quantitative estimate of drug-likeness (QED) is 0.321. The monoisotopic (exact) mass is 480 g/mol. The predicted octanol–water partition coefficient (Wildman–Crippen LogP) is 5.30. The molecule has 5 rings (SSSR count). The molecule has 0 aliphatic rings. The van der Waals surface area contributed by atoms with E-state index in [1.54, 1.807) is 0 Å². The van der Waals surface area contributed by atoms with E-state index in [4.69, 9.17) is 4.42 Å². The van der Waals surface area contributed by atoms with E-state index in [0.717, 1.165) is 26.7 Å². The minimum absolute atomic E-state index is 0.0711. The second-order valence-corrected chi connectivity index (χ2v) is 9.58. The van der Waals surface area contributed by atoms with Gasteiger partial charge < -0.3 is 0 Å². The Morgan fingerprint density at radius 1 is 0.500 bits per heavy atom. The minimum atomic E-state index is -0.318. The Hall–Kier alpha value is -3.65. The van der Waals surface area contributed by atoms with Crippen LogP contribution >= 0.6 is 0 Å². The number of rotatable bonds is 5. The Bertz CT molecular complexity index is 1380. The van der Waals surface area contributed by atoms with Gasteiger partial charge >= 0.3 is 194 Å². The van der Waals surface area contributed by atoms with Gasteiger partial charge in [0.1, 0.15) is 0 Å². The van der Waals surface area contributed by atoms with E-state index in [2.05, 4.69) is 36.4 Å². The van der Waals surface area contributed by atoms with E-state index < -0.39 is 0 Å². The molecule has 0 spiro atoms. The van der Waals surface area contributed by atoms with Crippen molar-refractivity contribution in [3.63, 3.8) is 0 Å². The third-order valence-corrected chi connectivity index (χ3v) is 7.52. The summed E-state index contributed by atoms with van der Waals surface area (Å²) in [6.45, 7) is 0. The number of benzene rings is 4. The summed E-state index contributed by atoms with van der Waals surface area (Å²) in [6, 6.07) is 40.3. The van der Waals surface area contributed by atoms with Crippen LogP contribution in [0.15, 0.2) is 131 Å². The van der Waals surface area contributed by atoms with Crippen LogP contribution in [0.25, 0.3) is 33.6 Å². The predicted molar refractivity (Wildman–Crippen MR) is 133 cm³/mol. The van der Waals surface area contributed by atoms with Crippen LogP contribution in [0.1, 0.15) is 0 Å². The molecule has 32 heavy (non-hydrogen) atoms. The summed E-state index contributed by atoms with van der Waals surface area (Å²) >= 11 is -0.0711. The Morgan fingerprint density at radius 3 is 1.47 bits per heavy atom. The molecule has 0 fully saturated rings. The first-order chi connectivity index (χ1) is 15.8. The fourth-order valence-corrected chi connectivity index (χ4v) is 6.06. The van der Waals surface area contributed by atoms with Crippen molar-refractivity contribution in [2.75, 3.05) is 0 Å². The molecule has 0 amide bonds. The third-order valence-electron chi connectivity index (χ3n) is 5.21. The van der Waals surface area contributed by atoms with Crippen molar-refractivity contribution < 1.29 is 4.42 Å². The van der Waals surface area contributed by atoms with Gasteiger partial charge in [0.05, 0.1) is 0 Å². The molecule has 0 radical (unpaired) electrons. The van der Waals surface area contributed by atoms with Gasteiger partial charge in [0.15, 0.2) is 0 Å². The van der Waals surface area contributed by atoms with Crippen LogP contribution in [0.3, 0.4) is 0 Å². The van der Waals surface area contributed by atoms with Gasteiger partial charge in [-0.1, -0.05) is 0 Å². The second-order valence-electron chi connectivity index (χ2n) is 7.31. The molecule has 0 bridgehead atoms. The molecule has 3 heteroatoms. The average molecular weight is 479 g/mol. The Labute approximate surface area is 193 Å². The van der Waals surface area contributed by atoms with Gasteiger partial charge in [-0.25, -0.2) is 0 Å². The van der Waals surface area contributed by atoms with Crippen molar-refractivity contribution in [3.05, 3.63) is 132 Å². The zero-order valence-electron chi connectivity index (χ0n) is 17.3. The Morgan fingerprint density at radius 2 is 0.938 bits per heavy atom. The van der Waals surface area contributed by atoms with E-state index >= 15 is 0 Å². The molecule has 0 unspecified atom stereocenters. The van der Waals surface area contributed by atoms with Crippen LogP contribution in [0.2, 0.25) is 0 Å². The SMILES string of the molecule is O=c1oc(-c2ccccc2)c([Se]c2ccccc2)c(-c2ccccc2)c1-c1ccccc1. The van der Waals surface area contributed by atoms with Crippen LogP contribution in [0.4, 0.5) is 0 Å². The molecule has 1 heterocycles. The van der Waals surface area contributed by atoms with Crippen LogP contribution in [-0.4, -0.2) is 15.0 Å². The second kappa shape index (κ2) is 9.23. The molecule has 0 N–H and O–H groups in total. The van der Waals surface area contributed by atoms with Gasteiger partial charge in [-0.2, -0.15) is 0 Å². The molecule has 0 saturated heterocycles. The molecule has 0 aliphatic carbocycles. The van der Waals surface area contributed by atoms with Gasteiger partial charge in [-0.05, 0) is 0 Å². The van der Waals surface area contributed by atoms with Crippen molar-refractivity contribution >= 4 is 23.9 Å². The van der Waals surface area contributed by atoms with Gasteiger partial charge in [0.2, 0.25) is 0 Å². The molecule has 4 aromatic carbocycles. The normalized spacial score (nSPS) is 10.8. The van der Waals surface area contributed by atoms with Gasteiger partial charge in [0.25, 0.3) is 0 Å². The standard InChI is InChI=1S/C29H20O2Se/c30-29-26(22-15-7-2-8-16-22)25(21-13-5-1-6-14-21)28(32-24-19-11-4-12-20-24)27(31-29)23-17-9-3-10-18-23/h1-20H. The first-order valence-electron chi connectivity index (χ1n) is 10.4. The fraction of sp³-hybridized carbons (Fsp3) is 0. The third kappa shape index (κ3) is 4.09. The number of hydrogen-bond acceptors (Lipinski definition) is 2. The zero-order chi connectivity index (χ0) is 21.8. The van der Waals surface area contributed by atoms with Crippen molar-refractivity contribution in [2.24, 2.45) is 0 Å². The molecule has 2 nitrogen and oxygen atoms in total. The first-order valence-corrected chi connectivity index (χ1v) is 12.1. The van der Waals surface area contributed by atoms with Crippen molar-refractivity contribution in [3.8, 4) is 33.6 Å². The first kappa shape index (κ1) is 20.3. The molecule has 0 atom stereocenters. The van der Waals surface area contributed by atoms with Gasteiger partial charge in [0, 0.05) is 0 Å². The Kier molecular flexibility index (Phi) is 5.85. The van der Waals surface area contributed by atoms with Crippen LogP contribution in [0.5, 0.6) is 0 Å². The van der Waals surface area contributed by atoms with E-state index in [-0.39, 0.29) is 20.6 Å². The summed E-state index contributed by atoms with van der Waals surface area (Å²) in [5.74, 6) is 0.651. The van der Waals surface area contributed by atoms with Gasteiger partial charge in [-0.15, -0.1) is 0 Å². The average Bonchev–Trinajstić information content (AvgIpc) is 2.87.